The second kappa shape index (κ2) is 12.4. The largest absolute Gasteiger partial charge is 0.507 e. The summed E-state index contributed by atoms with van der Waals surface area (Å²) >= 11 is 0. The van der Waals surface area contributed by atoms with E-state index in [9.17, 15) is 14.7 Å². The van der Waals surface area contributed by atoms with Crippen LogP contribution in [-0.4, -0.2) is 60.4 Å². The molecule has 1 aliphatic rings. The van der Waals surface area contributed by atoms with Crippen LogP contribution in [0.5, 0.6) is 11.5 Å². The number of aliphatic hydroxyl groups is 1. The molecule has 1 saturated heterocycles. The first-order chi connectivity index (χ1) is 18.4. The van der Waals surface area contributed by atoms with E-state index < -0.39 is 17.7 Å². The lowest BCUT2D eigenvalue weighted by molar-refractivity contribution is -0.140. The molecule has 7 nitrogen and oxygen atoms in total. The molecule has 38 heavy (non-hydrogen) atoms. The van der Waals surface area contributed by atoms with Gasteiger partial charge >= 0.3 is 0 Å². The molecule has 1 fully saturated rings. The topological polar surface area (TPSA) is 79.3 Å². The van der Waals surface area contributed by atoms with E-state index in [0.29, 0.717) is 43.4 Å². The van der Waals surface area contributed by atoms with Crippen molar-refractivity contribution in [1.82, 2.24) is 9.80 Å². The number of ketones is 1. The molecule has 1 unspecified atom stereocenters. The fourth-order valence-corrected chi connectivity index (χ4v) is 4.36. The zero-order valence-electron chi connectivity index (χ0n) is 22.1. The van der Waals surface area contributed by atoms with Crippen LogP contribution in [0.25, 0.3) is 5.76 Å². The van der Waals surface area contributed by atoms with E-state index in [0.717, 1.165) is 17.5 Å². The Balaban J connectivity index is 1.68. The lowest BCUT2D eigenvalue weighted by atomic mass is 9.95. The van der Waals surface area contributed by atoms with E-state index in [-0.39, 0.29) is 11.3 Å². The molecule has 1 heterocycles. The predicted molar refractivity (Wildman–Crippen MR) is 147 cm³/mol. The van der Waals surface area contributed by atoms with E-state index in [1.807, 2.05) is 80.5 Å². The molecule has 198 valence electrons. The Bertz CT molecular complexity index is 1290. The first-order valence-electron chi connectivity index (χ1n) is 12.8. The van der Waals surface area contributed by atoms with Crippen LogP contribution in [0.15, 0.2) is 84.4 Å². The number of rotatable bonds is 11. The lowest BCUT2D eigenvalue weighted by Crippen LogP contribution is -2.35. The molecule has 0 bridgehead atoms. The van der Waals surface area contributed by atoms with Crippen LogP contribution in [0.1, 0.15) is 36.1 Å². The second-order valence-electron chi connectivity index (χ2n) is 9.52. The van der Waals surface area contributed by atoms with Crippen molar-refractivity contribution in [3.8, 4) is 11.5 Å². The van der Waals surface area contributed by atoms with E-state index in [1.165, 1.54) is 4.90 Å². The van der Waals surface area contributed by atoms with Crippen molar-refractivity contribution in [3.05, 3.63) is 101 Å². The molecule has 0 aromatic heterocycles. The Morgan fingerprint density at radius 3 is 2.34 bits per heavy atom. The summed E-state index contributed by atoms with van der Waals surface area (Å²) in [5.74, 6) is -0.276. The average Bonchev–Trinajstić information content (AvgIpc) is 3.19. The minimum atomic E-state index is -0.724. The minimum Gasteiger partial charge on any atom is -0.507 e. The quantitative estimate of drug-likeness (QED) is 0.220. The Morgan fingerprint density at radius 1 is 0.921 bits per heavy atom. The molecular formula is C31H34N2O5. The highest BCUT2D eigenvalue weighted by Crippen LogP contribution is 2.40. The molecule has 0 saturated carbocycles. The maximum atomic E-state index is 13.3. The Kier molecular flexibility index (Phi) is 8.81. The Hall–Kier alpha value is -4.10. The van der Waals surface area contributed by atoms with Crippen molar-refractivity contribution in [1.29, 1.82) is 0 Å². The van der Waals surface area contributed by atoms with Crippen LogP contribution < -0.4 is 9.47 Å². The van der Waals surface area contributed by atoms with E-state index >= 15 is 0 Å². The van der Waals surface area contributed by atoms with Crippen LogP contribution in [0, 0.1) is 0 Å². The van der Waals surface area contributed by atoms with Crippen molar-refractivity contribution in [3.63, 3.8) is 0 Å². The number of benzene rings is 3. The second-order valence-corrected chi connectivity index (χ2v) is 9.52. The van der Waals surface area contributed by atoms with Crippen LogP contribution in [-0.2, 0) is 16.2 Å². The van der Waals surface area contributed by atoms with Gasteiger partial charge in [-0.1, -0.05) is 61.5 Å². The van der Waals surface area contributed by atoms with E-state index in [4.69, 9.17) is 9.47 Å². The van der Waals surface area contributed by atoms with Gasteiger partial charge in [0.1, 0.15) is 23.9 Å². The fourth-order valence-electron chi connectivity index (χ4n) is 4.36. The third kappa shape index (κ3) is 6.23. The zero-order valence-corrected chi connectivity index (χ0v) is 22.1. The Labute approximate surface area is 223 Å². The van der Waals surface area contributed by atoms with Gasteiger partial charge in [0.2, 0.25) is 0 Å². The SMILES string of the molecule is CCCOc1cccc(C(O)=C2C(=O)C(=O)N(CCN(C)C)C2c2ccc(OCc3ccccc3)cc2)c1. The van der Waals surface area contributed by atoms with Gasteiger partial charge in [0.25, 0.3) is 11.7 Å². The first-order valence-corrected chi connectivity index (χ1v) is 12.8. The van der Waals surface area contributed by atoms with Gasteiger partial charge in [0, 0.05) is 18.7 Å². The molecule has 4 rings (SSSR count). The average molecular weight is 515 g/mol. The highest BCUT2D eigenvalue weighted by Gasteiger charge is 2.45. The van der Waals surface area contributed by atoms with E-state index in [1.54, 1.807) is 24.3 Å². The van der Waals surface area contributed by atoms with Crippen molar-refractivity contribution < 1.29 is 24.2 Å². The minimum absolute atomic E-state index is 0.0688. The van der Waals surface area contributed by atoms with Gasteiger partial charge in [-0.2, -0.15) is 0 Å². The summed E-state index contributed by atoms with van der Waals surface area (Å²) in [4.78, 5) is 29.9. The summed E-state index contributed by atoms with van der Waals surface area (Å²) in [5.41, 5.74) is 2.27. The van der Waals surface area contributed by atoms with Gasteiger partial charge < -0.3 is 24.4 Å². The van der Waals surface area contributed by atoms with Crippen molar-refractivity contribution in [2.75, 3.05) is 33.8 Å². The molecule has 1 aliphatic heterocycles. The molecule has 7 heteroatoms. The van der Waals surface area contributed by atoms with E-state index in [2.05, 4.69) is 0 Å². The number of amides is 1. The van der Waals surface area contributed by atoms with Crippen molar-refractivity contribution in [2.45, 2.75) is 26.0 Å². The third-order valence-electron chi connectivity index (χ3n) is 6.35. The van der Waals surface area contributed by atoms with Crippen molar-refractivity contribution >= 4 is 17.4 Å². The number of aliphatic hydroxyl groups excluding tert-OH is 1. The summed E-state index contributed by atoms with van der Waals surface area (Å²) in [5, 5.41) is 11.3. The predicted octanol–water partition coefficient (Wildman–Crippen LogP) is 5.04. The highest BCUT2D eigenvalue weighted by atomic mass is 16.5. The van der Waals surface area contributed by atoms with Gasteiger partial charge in [0.15, 0.2) is 0 Å². The Morgan fingerprint density at radius 2 is 1.66 bits per heavy atom. The molecule has 1 N–H and O–H groups in total. The number of hydrogen-bond donors (Lipinski definition) is 1. The van der Waals surface area contributed by atoms with Gasteiger partial charge in [-0.25, -0.2) is 0 Å². The molecular weight excluding hydrogens is 480 g/mol. The first kappa shape index (κ1) is 26.9. The summed E-state index contributed by atoms with van der Waals surface area (Å²) in [6, 6.07) is 23.4. The molecule has 0 spiro atoms. The lowest BCUT2D eigenvalue weighted by Gasteiger charge is -2.26. The number of ether oxygens (including phenoxy) is 2. The molecule has 1 amide bonds. The summed E-state index contributed by atoms with van der Waals surface area (Å²) in [7, 11) is 3.82. The maximum absolute atomic E-state index is 13.3. The monoisotopic (exact) mass is 514 g/mol. The third-order valence-corrected chi connectivity index (χ3v) is 6.35. The van der Waals surface area contributed by atoms with Crippen LogP contribution in [0.2, 0.25) is 0 Å². The standard InChI is InChI=1S/C31H34N2O5/c1-4-19-37-26-12-8-11-24(20-26)29(34)27-28(33(18-17-32(2)3)31(36)30(27)35)23-13-15-25(16-14-23)38-21-22-9-6-5-7-10-22/h5-16,20,28,34H,4,17-19,21H2,1-3H3. The van der Waals surface area contributed by atoms with Crippen molar-refractivity contribution in [2.24, 2.45) is 0 Å². The zero-order chi connectivity index (χ0) is 27.1. The maximum Gasteiger partial charge on any atom is 0.295 e. The van der Waals surface area contributed by atoms with Crippen LogP contribution >= 0.6 is 0 Å². The number of carbonyl (C=O) groups is 2. The number of nitrogens with zero attached hydrogens (tertiary/aromatic N) is 2. The molecule has 0 aliphatic carbocycles. The van der Waals surface area contributed by atoms with Crippen LogP contribution in [0.3, 0.4) is 0 Å². The normalized spacial score (nSPS) is 16.7. The summed E-state index contributed by atoms with van der Waals surface area (Å²) in [6.45, 7) is 3.89. The van der Waals surface area contributed by atoms with Crippen LogP contribution in [0.4, 0.5) is 0 Å². The highest BCUT2D eigenvalue weighted by molar-refractivity contribution is 6.46. The van der Waals surface area contributed by atoms with Gasteiger partial charge in [-0.3, -0.25) is 9.59 Å². The number of likely N-dealkylation sites (N-methyl/N-ethyl adjacent to an activating group) is 1. The fraction of sp³-hybridized carbons (Fsp3) is 0.290. The number of carbonyl (C=O) groups excluding carboxylic acids is 2. The molecule has 3 aromatic carbocycles. The molecule has 0 radical (unpaired) electrons. The number of likely N-dealkylation sites (tertiary alicyclic amines) is 1. The van der Waals surface area contributed by atoms with Gasteiger partial charge in [-0.15, -0.1) is 0 Å². The smallest absolute Gasteiger partial charge is 0.295 e. The molecule has 3 aromatic rings. The number of Topliss-reactive ketones (excluding diaryl/α,β-unsaturated/α-hetero) is 1. The number of hydrogen-bond acceptors (Lipinski definition) is 6. The molecule has 1 atom stereocenters. The van der Waals surface area contributed by atoms with Gasteiger partial charge in [0.05, 0.1) is 18.2 Å². The summed E-state index contributed by atoms with van der Waals surface area (Å²) in [6.07, 6.45) is 0.845. The van der Waals surface area contributed by atoms with Gasteiger partial charge in [-0.05, 0) is 55.9 Å². The summed E-state index contributed by atoms with van der Waals surface area (Å²) < 4.78 is 11.6.